The molecule has 2 aromatic heterocycles. The Kier molecular flexibility index (Phi) is 3.32. The summed E-state index contributed by atoms with van der Waals surface area (Å²) >= 11 is 0. The van der Waals surface area contributed by atoms with Gasteiger partial charge in [-0.1, -0.05) is 0 Å². The molecule has 3 aromatic rings. The average Bonchev–Trinajstić information content (AvgIpc) is 2.58. The minimum absolute atomic E-state index is 0.0316. The molecule has 0 aliphatic rings. The van der Waals surface area contributed by atoms with E-state index in [-0.39, 0.29) is 17.0 Å². The third-order valence-corrected chi connectivity index (χ3v) is 3.59. The molecule has 0 fully saturated rings. The standard InChI is InChI=1S/C14H13N5O4/c1-17-12-10(13(20)18(2)14(17)21)19(22)11(15-16-12)8-4-6-9(23-3)7-5-8/h4-7H,1-3H3. The van der Waals surface area contributed by atoms with Crippen LogP contribution in [0.5, 0.6) is 5.75 Å². The van der Waals surface area contributed by atoms with Crippen molar-refractivity contribution in [2.45, 2.75) is 0 Å². The number of ether oxygens (including phenoxy) is 1. The molecule has 0 saturated carbocycles. The second-order valence-corrected chi connectivity index (χ2v) is 4.92. The number of aromatic nitrogens is 5. The van der Waals surface area contributed by atoms with Gasteiger partial charge in [0.15, 0.2) is 0 Å². The summed E-state index contributed by atoms with van der Waals surface area (Å²) in [5.41, 5.74) is -1.12. The third-order valence-electron chi connectivity index (χ3n) is 3.59. The molecular formula is C14H13N5O4. The van der Waals surface area contributed by atoms with Crippen LogP contribution >= 0.6 is 0 Å². The smallest absolute Gasteiger partial charge is 0.361 e. The summed E-state index contributed by atoms with van der Waals surface area (Å²) in [5, 5.41) is 20.3. The van der Waals surface area contributed by atoms with Crippen molar-refractivity contribution >= 4 is 11.2 Å². The molecule has 0 aliphatic heterocycles. The maximum atomic E-state index is 12.6. The van der Waals surface area contributed by atoms with Crippen molar-refractivity contribution in [3.05, 3.63) is 50.3 Å². The van der Waals surface area contributed by atoms with Crippen LogP contribution in [0.4, 0.5) is 0 Å². The molecule has 9 nitrogen and oxygen atoms in total. The molecule has 0 atom stereocenters. The highest BCUT2D eigenvalue weighted by Gasteiger charge is 2.22. The van der Waals surface area contributed by atoms with Gasteiger partial charge in [0, 0.05) is 14.1 Å². The quantitative estimate of drug-likeness (QED) is 0.459. The van der Waals surface area contributed by atoms with E-state index in [1.807, 2.05) is 0 Å². The van der Waals surface area contributed by atoms with Gasteiger partial charge in [-0.3, -0.25) is 13.9 Å². The van der Waals surface area contributed by atoms with Crippen molar-refractivity contribution in [1.29, 1.82) is 0 Å². The van der Waals surface area contributed by atoms with Crippen molar-refractivity contribution < 1.29 is 9.47 Å². The topological polar surface area (TPSA) is 106 Å². The lowest BCUT2D eigenvalue weighted by Crippen LogP contribution is -2.45. The summed E-state index contributed by atoms with van der Waals surface area (Å²) in [7, 11) is 4.26. The van der Waals surface area contributed by atoms with E-state index >= 15 is 0 Å². The molecule has 0 amide bonds. The minimum atomic E-state index is -0.720. The van der Waals surface area contributed by atoms with Crippen molar-refractivity contribution in [2.24, 2.45) is 14.1 Å². The van der Waals surface area contributed by atoms with Crippen LogP contribution in [0.25, 0.3) is 22.6 Å². The Morgan fingerprint density at radius 3 is 2.35 bits per heavy atom. The lowest BCUT2D eigenvalue weighted by atomic mass is 10.2. The van der Waals surface area contributed by atoms with Gasteiger partial charge in [-0.15, -0.1) is 0 Å². The minimum Gasteiger partial charge on any atom is -0.710 e. The Bertz CT molecular complexity index is 1020. The fourth-order valence-electron chi connectivity index (χ4n) is 2.26. The molecule has 3 rings (SSSR count). The summed E-state index contributed by atoms with van der Waals surface area (Å²) in [6, 6.07) is 6.60. The molecule has 118 valence electrons. The molecule has 23 heavy (non-hydrogen) atoms. The van der Waals surface area contributed by atoms with Crippen LogP contribution < -0.4 is 20.7 Å². The summed E-state index contributed by atoms with van der Waals surface area (Å²) in [5.74, 6) is 0.592. The van der Waals surface area contributed by atoms with E-state index in [9.17, 15) is 14.8 Å². The molecule has 0 radical (unpaired) electrons. The van der Waals surface area contributed by atoms with Crippen molar-refractivity contribution in [3.8, 4) is 17.1 Å². The summed E-state index contributed by atoms with van der Waals surface area (Å²) < 4.78 is 7.42. The Labute approximate surface area is 129 Å². The van der Waals surface area contributed by atoms with Gasteiger partial charge in [0.05, 0.1) is 17.8 Å². The summed E-state index contributed by atoms with van der Waals surface area (Å²) in [4.78, 5) is 24.1. The van der Waals surface area contributed by atoms with E-state index in [4.69, 9.17) is 4.74 Å². The highest BCUT2D eigenvalue weighted by Crippen LogP contribution is 2.18. The fraction of sp³-hybridized carbons (Fsp3) is 0.214. The second-order valence-electron chi connectivity index (χ2n) is 4.92. The predicted molar refractivity (Wildman–Crippen MR) is 81.0 cm³/mol. The molecule has 0 N–H and O–H groups in total. The Balaban J connectivity index is 2.35. The third kappa shape index (κ3) is 2.13. The first-order valence-corrected chi connectivity index (χ1v) is 6.66. The molecule has 1 aromatic carbocycles. The largest absolute Gasteiger partial charge is 0.710 e. The maximum absolute atomic E-state index is 12.6. The SMILES string of the molecule is COc1ccc(-c2nnc3c(c(=O)n(C)c(=O)n3C)[n+]2[O-])cc1. The molecule has 0 bridgehead atoms. The first-order chi connectivity index (χ1) is 11.0. The molecular weight excluding hydrogens is 302 g/mol. The van der Waals surface area contributed by atoms with Gasteiger partial charge in [0.2, 0.25) is 11.2 Å². The molecule has 0 aliphatic carbocycles. The number of fused-ring (bicyclic) bond motifs is 1. The number of nitrogens with zero attached hydrogens (tertiary/aromatic N) is 5. The number of hydrogen-bond acceptors (Lipinski definition) is 6. The van der Waals surface area contributed by atoms with Crippen molar-refractivity contribution in [1.82, 2.24) is 19.3 Å². The highest BCUT2D eigenvalue weighted by molar-refractivity contribution is 5.66. The van der Waals surface area contributed by atoms with Crippen LogP contribution in [0, 0.1) is 5.21 Å². The van der Waals surface area contributed by atoms with Gasteiger partial charge in [-0.2, -0.15) is 0 Å². The van der Waals surface area contributed by atoms with Crippen LogP contribution in [0.15, 0.2) is 33.9 Å². The Hall–Kier alpha value is -3.23. The van der Waals surface area contributed by atoms with E-state index in [0.717, 1.165) is 9.13 Å². The molecule has 2 heterocycles. The first-order valence-electron chi connectivity index (χ1n) is 6.66. The fourth-order valence-corrected chi connectivity index (χ4v) is 2.26. The lowest BCUT2D eigenvalue weighted by Gasteiger charge is -2.10. The number of rotatable bonds is 2. The Morgan fingerprint density at radius 1 is 1.09 bits per heavy atom. The van der Waals surface area contributed by atoms with Crippen LogP contribution in [-0.4, -0.2) is 26.4 Å². The zero-order valence-electron chi connectivity index (χ0n) is 12.7. The maximum Gasteiger partial charge on any atom is 0.361 e. The monoisotopic (exact) mass is 315 g/mol. The first kappa shape index (κ1) is 14.7. The van der Waals surface area contributed by atoms with E-state index in [1.54, 1.807) is 24.3 Å². The zero-order valence-corrected chi connectivity index (χ0v) is 12.7. The number of benzene rings is 1. The normalized spacial score (nSPS) is 10.9. The van der Waals surface area contributed by atoms with E-state index in [0.29, 0.717) is 16.0 Å². The highest BCUT2D eigenvalue weighted by atomic mass is 16.5. The second kappa shape index (κ2) is 5.20. The zero-order chi connectivity index (χ0) is 16.7. The van der Waals surface area contributed by atoms with Gasteiger partial charge in [0.25, 0.3) is 0 Å². The van der Waals surface area contributed by atoms with Gasteiger partial charge >= 0.3 is 17.1 Å². The van der Waals surface area contributed by atoms with Gasteiger partial charge in [-0.25, -0.2) is 9.52 Å². The van der Waals surface area contributed by atoms with Crippen molar-refractivity contribution in [2.75, 3.05) is 7.11 Å². The van der Waals surface area contributed by atoms with Crippen LogP contribution in [0.3, 0.4) is 0 Å². The molecule has 0 unspecified atom stereocenters. The Morgan fingerprint density at radius 2 is 1.74 bits per heavy atom. The predicted octanol–water partition coefficient (Wildman–Crippen LogP) is -0.664. The summed E-state index contributed by atoms with van der Waals surface area (Å²) in [6.07, 6.45) is 0. The molecule has 0 spiro atoms. The van der Waals surface area contributed by atoms with Gasteiger partial charge < -0.3 is 9.94 Å². The van der Waals surface area contributed by atoms with E-state index in [1.165, 1.54) is 21.2 Å². The van der Waals surface area contributed by atoms with E-state index in [2.05, 4.69) is 10.2 Å². The van der Waals surface area contributed by atoms with Crippen molar-refractivity contribution in [3.63, 3.8) is 0 Å². The number of methoxy groups -OCH3 is 1. The van der Waals surface area contributed by atoms with Gasteiger partial charge in [-0.05, 0) is 29.4 Å². The van der Waals surface area contributed by atoms with Gasteiger partial charge in [0.1, 0.15) is 5.75 Å². The number of aryl methyl sites for hydroxylation is 1. The molecule has 9 heteroatoms. The van der Waals surface area contributed by atoms with Crippen LogP contribution in [-0.2, 0) is 14.1 Å². The number of hydrogen-bond donors (Lipinski definition) is 0. The summed E-state index contributed by atoms with van der Waals surface area (Å²) in [6.45, 7) is 0. The van der Waals surface area contributed by atoms with E-state index < -0.39 is 11.2 Å². The molecule has 0 saturated heterocycles. The van der Waals surface area contributed by atoms with Crippen LogP contribution in [0.1, 0.15) is 0 Å². The lowest BCUT2D eigenvalue weighted by molar-refractivity contribution is -0.569. The average molecular weight is 315 g/mol. The van der Waals surface area contributed by atoms with Crippen LogP contribution in [0.2, 0.25) is 0 Å².